The Bertz CT molecular complexity index is 654. The number of ether oxygens (including phenoxy) is 1. The maximum absolute atomic E-state index is 6.56. The third-order valence-electron chi connectivity index (χ3n) is 7.09. The lowest BCUT2D eigenvalue weighted by molar-refractivity contribution is 0.00843. The van der Waals surface area contributed by atoms with Gasteiger partial charge in [-0.15, -0.1) is 0 Å². The molecule has 1 aromatic rings. The van der Waals surface area contributed by atoms with E-state index in [1.54, 1.807) is 0 Å². The van der Waals surface area contributed by atoms with Gasteiger partial charge in [0.25, 0.3) is 0 Å². The summed E-state index contributed by atoms with van der Waals surface area (Å²) in [6, 6.07) is 7.12. The Morgan fingerprint density at radius 1 is 1.19 bits per heavy atom. The van der Waals surface area contributed by atoms with Gasteiger partial charge in [-0.05, 0) is 68.6 Å². The molecule has 144 valence electrons. The average molecular weight is 355 g/mol. The first-order valence-corrected chi connectivity index (χ1v) is 10.8. The van der Waals surface area contributed by atoms with Crippen LogP contribution in [0.2, 0.25) is 0 Å². The van der Waals surface area contributed by atoms with Crippen molar-refractivity contribution >= 4 is 0 Å². The van der Waals surface area contributed by atoms with Crippen molar-refractivity contribution in [3.05, 3.63) is 41.0 Å². The van der Waals surface area contributed by atoms with Gasteiger partial charge in [-0.2, -0.15) is 0 Å². The monoisotopic (exact) mass is 354 g/mol. The van der Waals surface area contributed by atoms with Crippen molar-refractivity contribution < 1.29 is 4.74 Å². The second-order valence-electron chi connectivity index (χ2n) is 9.47. The minimum Gasteiger partial charge on any atom is -0.487 e. The van der Waals surface area contributed by atoms with Crippen LogP contribution in [0.3, 0.4) is 0 Å². The Morgan fingerprint density at radius 3 is 2.69 bits per heavy atom. The molecule has 1 aromatic carbocycles. The topological polar surface area (TPSA) is 9.23 Å². The molecule has 3 rings (SSSR count). The fraction of sp³-hybridized carbons (Fsp3) is 0.680. The van der Waals surface area contributed by atoms with E-state index in [2.05, 4.69) is 65.8 Å². The smallest absolute Gasteiger partial charge is 0.123 e. The van der Waals surface area contributed by atoms with Gasteiger partial charge in [0.05, 0.1) is 0 Å². The maximum atomic E-state index is 6.56. The van der Waals surface area contributed by atoms with Gasteiger partial charge >= 0.3 is 0 Å². The largest absolute Gasteiger partial charge is 0.487 e. The van der Waals surface area contributed by atoms with Crippen molar-refractivity contribution in [3.63, 3.8) is 0 Å². The summed E-state index contributed by atoms with van der Waals surface area (Å²) < 4.78 is 6.56. The Labute approximate surface area is 161 Å². The van der Waals surface area contributed by atoms with E-state index in [0.29, 0.717) is 17.8 Å². The van der Waals surface area contributed by atoms with E-state index in [1.165, 1.54) is 48.8 Å². The lowest BCUT2D eigenvalue weighted by Crippen LogP contribution is -2.45. The van der Waals surface area contributed by atoms with Crippen molar-refractivity contribution in [1.82, 2.24) is 0 Å². The molecular weight excluding hydrogens is 316 g/mol. The maximum Gasteiger partial charge on any atom is 0.123 e. The molecule has 0 bridgehead atoms. The summed E-state index contributed by atoms with van der Waals surface area (Å²) in [5.74, 6) is 3.68. The first-order chi connectivity index (χ1) is 12.3. The molecule has 1 heterocycles. The van der Waals surface area contributed by atoms with Crippen molar-refractivity contribution in [2.75, 3.05) is 0 Å². The molecule has 0 aromatic heterocycles. The van der Waals surface area contributed by atoms with Gasteiger partial charge in [0.2, 0.25) is 0 Å². The third kappa shape index (κ3) is 3.87. The number of allylic oxidation sites excluding steroid dienone is 2. The second kappa shape index (κ2) is 7.79. The lowest BCUT2D eigenvalue weighted by Gasteiger charge is -2.47. The second-order valence-corrected chi connectivity index (χ2v) is 9.47. The summed E-state index contributed by atoms with van der Waals surface area (Å²) in [5.41, 5.74) is 4.35. The molecule has 0 unspecified atom stereocenters. The highest BCUT2D eigenvalue weighted by atomic mass is 16.5. The van der Waals surface area contributed by atoms with Gasteiger partial charge in [0.15, 0.2) is 0 Å². The van der Waals surface area contributed by atoms with E-state index >= 15 is 0 Å². The zero-order chi connectivity index (χ0) is 18.9. The van der Waals surface area contributed by atoms with Gasteiger partial charge in [0.1, 0.15) is 11.4 Å². The molecule has 26 heavy (non-hydrogen) atoms. The summed E-state index contributed by atoms with van der Waals surface area (Å²) in [5, 5.41) is 0. The molecule has 0 saturated heterocycles. The number of unbranched alkanes of at least 4 members (excludes halogenated alkanes) is 2. The van der Waals surface area contributed by atoms with Crippen molar-refractivity contribution in [2.45, 2.75) is 97.5 Å². The molecule has 1 aliphatic heterocycles. The molecule has 0 spiro atoms. The number of hydrogen-bond acceptors (Lipinski definition) is 1. The van der Waals surface area contributed by atoms with E-state index in [9.17, 15) is 0 Å². The SMILES string of the molecule is CCCCC[C@H](C)[C@@H](C)c1ccc2c(c1)OC(C)(C)[C@@H]1CC=C(C)C[C@@H]21. The van der Waals surface area contributed by atoms with Crippen LogP contribution in [0.25, 0.3) is 0 Å². The highest BCUT2D eigenvalue weighted by Gasteiger charge is 2.44. The van der Waals surface area contributed by atoms with Crippen molar-refractivity contribution in [2.24, 2.45) is 11.8 Å². The Kier molecular flexibility index (Phi) is 5.85. The Morgan fingerprint density at radius 2 is 1.96 bits per heavy atom. The van der Waals surface area contributed by atoms with E-state index in [4.69, 9.17) is 4.74 Å². The minimum absolute atomic E-state index is 0.0799. The first-order valence-electron chi connectivity index (χ1n) is 10.8. The van der Waals surface area contributed by atoms with E-state index in [-0.39, 0.29) is 5.60 Å². The van der Waals surface area contributed by atoms with Crippen LogP contribution in [0, 0.1) is 11.8 Å². The summed E-state index contributed by atoms with van der Waals surface area (Å²) >= 11 is 0. The molecule has 4 atom stereocenters. The summed E-state index contributed by atoms with van der Waals surface area (Å²) in [6.45, 7) is 13.9. The van der Waals surface area contributed by atoms with Crippen LogP contribution in [0.15, 0.2) is 29.8 Å². The molecule has 0 amide bonds. The minimum atomic E-state index is -0.0799. The molecule has 2 aliphatic rings. The lowest BCUT2D eigenvalue weighted by atomic mass is 9.67. The molecule has 0 N–H and O–H groups in total. The van der Waals surface area contributed by atoms with Crippen LogP contribution in [-0.4, -0.2) is 5.60 Å². The molecule has 0 radical (unpaired) electrons. The summed E-state index contributed by atoms with van der Waals surface area (Å²) in [6.07, 6.45) is 10.1. The fourth-order valence-corrected chi connectivity index (χ4v) is 5.04. The quantitative estimate of drug-likeness (QED) is 0.377. The number of fused-ring (bicyclic) bond motifs is 3. The number of rotatable bonds is 6. The van der Waals surface area contributed by atoms with E-state index in [0.717, 1.165) is 18.1 Å². The zero-order valence-electron chi connectivity index (χ0n) is 17.8. The molecule has 0 fully saturated rings. The first kappa shape index (κ1) is 19.5. The molecule has 1 heteroatoms. The summed E-state index contributed by atoms with van der Waals surface area (Å²) in [7, 11) is 0. The average Bonchev–Trinajstić information content (AvgIpc) is 2.60. The zero-order valence-corrected chi connectivity index (χ0v) is 17.8. The van der Waals surface area contributed by atoms with Gasteiger partial charge in [-0.3, -0.25) is 0 Å². The molecule has 1 nitrogen and oxygen atoms in total. The van der Waals surface area contributed by atoms with Gasteiger partial charge in [0, 0.05) is 5.92 Å². The van der Waals surface area contributed by atoms with Crippen LogP contribution in [-0.2, 0) is 0 Å². The van der Waals surface area contributed by atoms with Crippen molar-refractivity contribution in [3.8, 4) is 5.75 Å². The van der Waals surface area contributed by atoms with Crippen LogP contribution in [0.4, 0.5) is 0 Å². The van der Waals surface area contributed by atoms with Crippen LogP contribution >= 0.6 is 0 Å². The standard InChI is InChI=1S/C25H38O/c1-7-8-9-10-18(3)19(4)20-12-13-21-22-15-17(2)11-14-23(22)25(5,6)26-24(21)16-20/h11-13,16,18-19,22-23H,7-10,14-15H2,1-6H3/t18-,19+,22-,23+/m0/s1. The summed E-state index contributed by atoms with van der Waals surface area (Å²) in [4.78, 5) is 0. The third-order valence-corrected chi connectivity index (χ3v) is 7.09. The Balaban J connectivity index is 1.83. The fourth-order valence-electron chi connectivity index (χ4n) is 5.04. The molecule has 1 aliphatic carbocycles. The van der Waals surface area contributed by atoms with Crippen molar-refractivity contribution in [1.29, 1.82) is 0 Å². The highest BCUT2D eigenvalue weighted by Crippen LogP contribution is 2.51. The predicted octanol–water partition coefficient (Wildman–Crippen LogP) is 7.62. The van der Waals surface area contributed by atoms with Crippen LogP contribution in [0.1, 0.15) is 103 Å². The Hall–Kier alpha value is -1.24. The van der Waals surface area contributed by atoms with Gasteiger partial charge in [-0.25, -0.2) is 0 Å². The predicted molar refractivity (Wildman–Crippen MR) is 112 cm³/mol. The van der Waals surface area contributed by atoms with E-state index in [1.807, 2.05) is 0 Å². The number of hydrogen-bond donors (Lipinski definition) is 0. The highest BCUT2D eigenvalue weighted by molar-refractivity contribution is 5.45. The van der Waals surface area contributed by atoms with Crippen LogP contribution in [0.5, 0.6) is 5.75 Å². The normalized spacial score (nSPS) is 26.2. The molecule has 0 saturated carbocycles. The van der Waals surface area contributed by atoms with E-state index < -0.39 is 0 Å². The van der Waals surface area contributed by atoms with Gasteiger partial charge < -0.3 is 4.74 Å². The van der Waals surface area contributed by atoms with Gasteiger partial charge in [-0.1, -0.05) is 70.2 Å². The molecular formula is C25H38O. The van der Waals surface area contributed by atoms with Crippen LogP contribution < -0.4 is 4.74 Å². The number of benzene rings is 1.